The first-order valence-corrected chi connectivity index (χ1v) is 13.4. The molecule has 8 nitrogen and oxygen atoms in total. The number of nitrogens with one attached hydrogen (secondary N) is 2. The van der Waals surface area contributed by atoms with Crippen LogP contribution >= 0.6 is 0 Å². The van der Waals surface area contributed by atoms with Gasteiger partial charge in [-0.2, -0.15) is 0 Å². The minimum Gasteiger partial charge on any atom is -0.457 e. The minimum atomic E-state index is -0.211. The number of aryl methyl sites for hydroxylation is 1. The first-order chi connectivity index (χ1) is 18.7. The standard InChI is InChI=1S/C30H35FN6O2/c1-18(2)24-14-21(6-8-25(24)31)33-30-34-26-15-22(7-9-27(26)36(30)5)39-23-10-12-32-28(16-23)35-29(38)20-11-13-37(17-20)19(3)4/h6-10,12,14-16,18-20H,11,13,17H2,1-5H3,(H,33,34)(H,32,35,38)/t20-/m1/s1. The Kier molecular flexibility index (Phi) is 7.52. The molecule has 2 aromatic heterocycles. The maximum atomic E-state index is 14.1. The lowest BCUT2D eigenvalue weighted by atomic mass is 10.0. The van der Waals surface area contributed by atoms with Gasteiger partial charge in [0.05, 0.1) is 17.0 Å². The summed E-state index contributed by atoms with van der Waals surface area (Å²) in [6, 6.07) is 14.6. The Morgan fingerprint density at radius 1 is 1.08 bits per heavy atom. The summed E-state index contributed by atoms with van der Waals surface area (Å²) in [6.07, 6.45) is 2.47. The second kappa shape index (κ2) is 11.0. The number of carbonyl (C=O) groups is 1. The molecule has 0 spiro atoms. The third kappa shape index (κ3) is 5.88. The molecule has 4 aromatic rings. The molecule has 1 fully saturated rings. The second-order valence-corrected chi connectivity index (χ2v) is 10.7. The van der Waals surface area contributed by atoms with Crippen molar-refractivity contribution in [3.05, 3.63) is 66.1 Å². The van der Waals surface area contributed by atoms with Crippen LogP contribution in [0.4, 0.5) is 21.8 Å². The van der Waals surface area contributed by atoms with Gasteiger partial charge in [0, 0.05) is 43.7 Å². The number of hydrogen-bond acceptors (Lipinski definition) is 6. The molecule has 1 saturated heterocycles. The fraction of sp³-hybridized carbons (Fsp3) is 0.367. The number of anilines is 3. The number of halogens is 1. The van der Waals surface area contributed by atoms with Crippen LogP contribution in [0.2, 0.25) is 0 Å². The number of nitrogens with zero attached hydrogens (tertiary/aromatic N) is 4. The van der Waals surface area contributed by atoms with Crippen molar-refractivity contribution in [1.29, 1.82) is 0 Å². The number of benzene rings is 2. The van der Waals surface area contributed by atoms with Crippen molar-refractivity contribution >= 4 is 34.4 Å². The molecule has 2 aromatic carbocycles. The average Bonchev–Trinajstić information content (AvgIpc) is 3.51. The number of fused-ring (bicyclic) bond motifs is 1. The molecule has 5 rings (SSSR count). The number of imidazole rings is 1. The van der Waals surface area contributed by atoms with Gasteiger partial charge in [-0.25, -0.2) is 14.4 Å². The van der Waals surface area contributed by atoms with Gasteiger partial charge in [-0.3, -0.25) is 4.79 Å². The van der Waals surface area contributed by atoms with E-state index in [0.29, 0.717) is 34.9 Å². The molecule has 0 unspecified atom stereocenters. The van der Waals surface area contributed by atoms with Crippen molar-refractivity contribution in [3.8, 4) is 11.5 Å². The number of likely N-dealkylation sites (tertiary alicyclic amines) is 1. The highest BCUT2D eigenvalue weighted by Crippen LogP contribution is 2.30. The number of aromatic nitrogens is 3. The zero-order valence-corrected chi connectivity index (χ0v) is 23.0. The number of ether oxygens (including phenoxy) is 1. The molecule has 0 bridgehead atoms. The minimum absolute atomic E-state index is 0.0144. The first-order valence-electron chi connectivity index (χ1n) is 13.4. The largest absolute Gasteiger partial charge is 0.457 e. The third-order valence-electron chi connectivity index (χ3n) is 7.27. The van der Waals surface area contributed by atoms with E-state index in [4.69, 9.17) is 9.72 Å². The highest BCUT2D eigenvalue weighted by atomic mass is 19.1. The molecule has 1 aliphatic heterocycles. The van der Waals surface area contributed by atoms with E-state index in [9.17, 15) is 9.18 Å². The van der Waals surface area contributed by atoms with Crippen molar-refractivity contribution in [1.82, 2.24) is 19.4 Å². The number of carbonyl (C=O) groups excluding carboxylic acids is 1. The predicted molar refractivity (Wildman–Crippen MR) is 152 cm³/mol. The predicted octanol–water partition coefficient (Wildman–Crippen LogP) is 6.44. The Morgan fingerprint density at radius 2 is 1.87 bits per heavy atom. The normalized spacial score (nSPS) is 15.8. The Balaban J connectivity index is 1.29. The summed E-state index contributed by atoms with van der Waals surface area (Å²) in [5, 5.41) is 6.25. The van der Waals surface area contributed by atoms with Crippen LogP contribution in [-0.4, -0.2) is 44.5 Å². The third-order valence-corrected chi connectivity index (χ3v) is 7.27. The van der Waals surface area contributed by atoms with Gasteiger partial charge >= 0.3 is 0 Å². The Morgan fingerprint density at radius 3 is 2.62 bits per heavy atom. The van der Waals surface area contributed by atoms with Crippen LogP contribution in [0.1, 0.15) is 45.6 Å². The monoisotopic (exact) mass is 530 g/mol. The van der Waals surface area contributed by atoms with Crippen molar-refractivity contribution in [2.24, 2.45) is 13.0 Å². The summed E-state index contributed by atoms with van der Waals surface area (Å²) in [7, 11) is 1.92. The van der Waals surface area contributed by atoms with Gasteiger partial charge in [-0.1, -0.05) is 13.8 Å². The van der Waals surface area contributed by atoms with Crippen LogP contribution in [-0.2, 0) is 11.8 Å². The lowest BCUT2D eigenvalue weighted by Gasteiger charge is -2.19. The Bertz CT molecular complexity index is 1500. The van der Waals surface area contributed by atoms with E-state index < -0.39 is 0 Å². The van der Waals surface area contributed by atoms with Crippen molar-refractivity contribution in [2.45, 2.75) is 46.1 Å². The lowest BCUT2D eigenvalue weighted by molar-refractivity contribution is -0.119. The average molecular weight is 531 g/mol. The van der Waals surface area contributed by atoms with Crippen molar-refractivity contribution in [2.75, 3.05) is 23.7 Å². The fourth-order valence-corrected chi connectivity index (χ4v) is 4.93. The Hall–Kier alpha value is -3.98. The maximum absolute atomic E-state index is 14.1. The van der Waals surface area contributed by atoms with Gasteiger partial charge < -0.3 is 24.8 Å². The molecule has 3 heterocycles. The molecule has 1 atom stereocenters. The SMILES string of the molecule is CC(C)c1cc(Nc2nc3cc(Oc4ccnc(NC(=O)[C@@H]5CCN(C(C)C)C5)c4)ccc3n2C)ccc1F. The van der Waals surface area contributed by atoms with Gasteiger partial charge in [0.15, 0.2) is 0 Å². The van der Waals surface area contributed by atoms with E-state index in [0.717, 1.165) is 36.2 Å². The summed E-state index contributed by atoms with van der Waals surface area (Å²) in [6.45, 7) is 9.93. The smallest absolute Gasteiger partial charge is 0.229 e. The highest BCUT2D eigenvalue weighted by Gasteiger charge is 2.29. The summed E-state index contributed by atoms with van der Waals surface area (Å²) in [5.74, 6) is 2.09. The number of hydrogen-bond donors (Lipinski definition) is 2. The van der Waals surface area contributed by atoms with Crippen molar-refractivity contribution < 1.29 is 13.9 Å². The summed E-state index contributed by atoms with van der Waals surface area (Å²) < 4.78 is 22.2. The second-order valence-electron chi connectivity index (χ2n) is 10.7. The van der Waals surface area contributed by atoms with Crippen LogP contribution in [0.5, 0.6) is 11.5 Å². The Labute approximate surface area is 228 Å². The maximum Gasteiger partial charge on any atom is 0.229 e. The van der Waals surface area contributed by atoms with E-state index in [1.54, 1.807) is 24.4 Å². The van der Waals surface area contributed by atoms with Crippen molar-refractivity contribution in [3.63, 3.8) is 0 Å². The lowest BCUT2D eigenvalue weighted by Crippen LogP contribution is -2.31. The van der Waals surface area contributed by atoms with Crippen LogP contribution in [0.3, 0.4) is 0 Å². The van der Waals surface area contributed by atoms with E-state index in [2.05, 4.69) is 34.4 Å². The van der Waals surface area contributed by atoms with Gasteiger partial charge in [0.1, 0.15) is 23.1 Å². The van der Waals surface area contributed by atoms with Gasteiger partial charge in [0.25, 0.3) is 0 Å². The molecule has 204 valence electrons. The van der Waals surface area contributed by atoms with Crippen LogP contribution in [0.15, 0.2) is 54.7 Å². The van der Waals surface area contributed by atoms with Crippen LogP contribution in [0.25, 0.3) is 11.0 Å². The molecule has 39 heavy (non-hydrogen) atoms. The molecule has 0 aliphatic carbocycles. The highest BCUT2D eigenvalue weighted by molar-refractivity contribution is 5.92. The zero-order chi connectivity index (χ0) is 27.7. The topological polar surface area (TPSA) is 84.3 Å². The molecule has 1 amide bonds. The molecule has 1 aliphatic rings. The van der Waals surface area contributed by atoms with E-state index >= 15 is 0 Å². The summed E-state index contributed by atoms with van der Waals surface area (Å²) in [4.78, 5) is 24.1. The molecular weight excluding hydrogens is 495 g/mol. The quantitative estimate of drug-likeness (QED) is 0.273. The molecule has 9 heteroatoms. The number of pyridine rings is 1. The molecule has 0 saturated carbocycles. The molecule has 0 radical (unpaired) electrons. The fourth-order valence-electron chi connectivity index (χ4n) is 4.93. The first kappa shape index (κ1) is 26.6. The van der Waals surface area contributed by atoms with Gasteiger partial charge in [-0.05, 0) is 74.7 Å². The molecular formula is C30H35FN6O2. The zero-order valence-electron chi connectivity index (χ0n) is 23.0. The summed E-state index contributed by atoms with van der Waals surface area (Å²) >= 11 is 0. The van der Waals surface area contributed by atoms with E-state index in [1.165, 1.54) is 6.07 Å². The van der Waals surface area contributed by atoms with E-state index in [1.807, 2.05) is 49.7 Å². The summed E-state index contributed by atoms with van der Waals surface area (Å²) in [5.41, 5.74) is 3.10. The van der Waals surface area contributed by atoms with Crippen LogP contribution in [0, 0.1) is 11.7 Å². The van der Waals surface area contributed by atoms with Crippen LogP contribution < -0.4 is 15.4 Å². The van der Waals surface area contributed by atoms with Gasteiger partial charge in [-0.15, -0.1) is 0 Å². The van der Waals surface area contributed by atoms with Gasteiger partial charge in [0.2, 0.25) is 11.9 Å². The molecule has 2 N–H and O–H groups in total. The van der Waals surface area contributed by atoms with E-state index in [-0.39, 0.29) is 23.6 Å². The number of amides is 1. The number of rotatable bonds is 8.